The minimum atomic E-state index is -0.137. The Kier molecular flexibility index (Phi) is 2.12. The van der Waals surface area contributed by atoms with E-state index in [9.17, 15) is 4.79 Å². The van der Waals surface area contributed by atoms with Crippen molar-refractivity contribution in [3.8, 4) is 0 Å². The molecule has 52 valence electrons. The fraction of sp³-hybridized carbons (Fsp3) is 0.143. The van der Waals surface area contributed by atoms with Gasteiger partial charge in [0.25, 0.3) is 0 Å². The van der Waals surface area contributed by atoms with Crippen LogP contribution < -0.4 is 0 Å². The summed E-state index contributed by atoms with van der Waals surface area (Å²) in [4.78, 5) is 14.0. The third kappa shape index (κ3) is 1.19. The zero-order valence-corrected chi connectivity index (χ0v) is 5.32. The highest BCUT2D eigenvalue weighted by molar-refractivity contribution is 5.76. The predicted octanol–water partition coefficient (Wildman–Crippen LogP) is 0.386. The first-order valence-electron chi connectivity index (χ1n) is 2.87. The number of pyridine rings is 1. The fourth-order valence-electron chi connectivity index (χ4n) is 0.685. The SMILES string of the molecule is O=Cc1ccncc1CO. The van der Waals surface area contributed by atoms with E-state index in [2.05, 4.69) is 4.98 Å². The Balaban J connectivity index is 3.08. The van der Waals surface area contributed by atoms with Gasteiger partial charge in [-0.1, -0.05) is 0 Å². The molecule has 0 radical (unpaired) electrons. The van der Waals surface area contributed by atoms with Crippen LogP contribution in [0.25, 0.3) is 0 Å². The molecule has 0 aliphatic carbocycles. The molecule has 1 heterocycles. The molecule has 0 fully saturated rings. The van der Waals surface area contributed by atoms with Crippen molar-refractivity contribution in [2.75, 3.05) is 0 Å². The molecule has 0 atom stereocenters. The average molecular weight is 137 g/mol. The second-order valence-corrected chi connectivity index (χ2v) is 1.85. The van der Waals surface area contributed by atoms with Crippen LogP contribution in [0.15, 0.2) is 18.5 Å². The third-order valence-electron chi connectivity index (χ3n) is 1.24. The molecule has 0 unspecified atom stereocenters. The molecule has 1 N–H and O–H groups in total. The number of hydrogen-bond donors (Lipinski definition) is 1. The highest BCUT2D eigenvalue weighted by Gasteiger charge is 1.96. The zero-order valence-electron chi connectivity index (χ0n) is 5.32. The van der Waals surface area contributed by atoms with Crippen molar-refractivity contribution in [2.24, 2.45) is 0 Å². The number of aliphatic hydroxyl groups is 1. The van der Waals surface area contributed by atoms with Crippen LogP contribution >= 0.6 is 0 Å². The second kappa shape index (κ2) is 3.08. The first-order valence-corrected chi connectivity index (χ1v) is 2.87. The summed E-state index contributed by atoms with van der Waals surface area (Å²) in [5.74, 6) is 0. The van der Waals surface area contributed by atoms with Crippen LogP contribution in [-0.4, -0.2) is 16.4 Å². The molecule has 3 nitrogen and oxygen atoms in total. The fourth-order valence-corrected chi connectivity index (χ4v) is 0.685. The van der Waals surface area contributed by atoms with E-state index in [-0.39, 0.29) is 6.61 Å². The average Bonchev–Trinajstić information content (AvgIpc) is 2.04. The largest absolute Gasteiger partial charge is 0.392 e. The maximum absolute atomic E-state index is 10.2. The van der Waals surface area contributed by atoms with Crippen molar-refractivity contribution in [2.45, 2.75) is 6.61 Å². The van der Waals surface area contributed by atoms with E-state index >= 15 is 0 Å². The maximum Gasteiger partial charge on any atom is 0.150 e. The molecule has 0 aromatic carbocycles. The first kappa shape index (κ1) is 6.89. The molecule has 0 bridgehead atoms. The Bertz CT molecular complexity index is 235. The highest BCUT2D eigenvalue weighted by Crippen LogP contribution is 2.02. The van der Waals surface area contributed by atoms with Gasteiger partial charge in [-0.3, -0.25) is 9.78 Å². The first-order chi connectivity index (χ1) is 4.88. The lowest BCUT2D eigenvalue weighted by Gasteiger charge is -1.96. The molecule has 1 aromatic rings. The van der Waals surface area contributed by atoms with Crippen molar-refractivity contribution in [3.63, 3.8) is 0 Å². The van der Waals surface area contributed by atoms with Gasteiger partial charge in [0.1, 0.15) is 0 Å². The molecule has 10 heavy (non-hydrogen) atoms. The summed E-state index contributed by atoms with van der Waals surface area (Å²) in [6.45, 7) is -0.137. The van der Waals surface area contributed by atoms with Gasteiger partial charge in [-0.25, -0.2) is 0 Å². The van der Waals surface area contributed by atoms with Crippen LogP contribution in [0.3, 0.4) is 0 Å². The Hall–Kier alpha value is -1.22. The number of carbonyl (C=O) groups excluding carboxylic acids is 1. The maximum atomic E-state index is 10.2. The van der Waals surface area contributed by atoms with Gasteiger partial charge in [0.2, 0.25) is 0 Å². The zero-order chi connectivity index (χ0) is 7.40. The normalized spacial score (nSPS) is 9.30. The number of aromatic nitrogens is 1. The summed E-state index contributed by atoms with van der Waals surface area (Å²) in [5.41, 5.74) is 1.06. The predicted molar refractivity (Wildman–Crippen MR) is 35.5 cm³/mol. The van der Waals surface area contributed by atoms with Crippen LogP contribution in [0, 0.1) is 0 Å². The Morgan fingerprint density at radius 1 is 1.70 bits per heavy atom. The smallest absolute Gasteiger partial charge is 0.150 e. The Labute approximate surface area is 58.3 Å². The third-order valence-corrected chi connectivity index (χ3v) is 1.24. The molecular weight excluding hydrogens is 130 g/mol. The number of aldehydes is 1. The molecule has 1 rings (SSSR count). The van der Waals surface area contributed by atoms with Crippen LogP contribution in [0.2, 0.25) is 0 Å². The number of rotatable bonds is 2. The molecule has 0 amide bonds. The minimum absolute atomic E-state index is 0.137. The number of hydrogen-bond acceptors (Lipinski definition) is 3. The van der Waals surface area contributed by atoms with Gasteiger partial charge in [-0.15, -0.1) is 0 Å². The molecule has 1 aromatic heterocycles. The molecular formula is C7H7NO2. The number of carbonyl (C=O) groups is 1. The second-order valence-electron chi connectivity index (χ2n) is 1.85. The van der Waals surface area contributed by atoms with E-state index in [0.29, 0.717) is 17.4 Å². The van der Waals surface area contributed by atoms with E-state index in [0.717, 1.165) is 0 Å². The summed E-state index contributed by atoms with van der Waals surface area (Å²) < 4.78 is 0. The minimum Gasteiger partial charge on any atom is -0.392 e. The highest BCUT2D eigenvalue weighted by atomic mass is 16.3. The standard InChI is InChI=1S/C7H7NO2/c9-4-6-1-2-8-3-7(6)5-10/h1-4,10H,5H2. The summed E-state index contributed by atoms with van der Waals surface area (Å²) in [6, 6.07) is 1.57. The van der Waals surface area contributed by atoms with Gasteiger partial charge < -0.3 is 5.11 Å². The van der Waals surface area contributed by atoms with E-state index in [4.69, 9.17) is 5.11 Å². The Morgan fingerprint density at radius 2 is 2.50 bits per heavy atom. The number of aliphatic hydroxyl groups excluding tert-OH is 1. The van der Waals surface area contributed by atoms with Gasteiger partial charge in [-0.05, 0) is 6.07 Å². The van der Waals surface area contributed by atoms with Gasteiger partial charge in [-0.2, -0.15) is 0 Å². The lowest BCUT2D eigenvalue weighted by Crippen LogP contribution is -1.92. The van der Waals surface area contributed by atoms with Crippen molar-refractivity contribution >= 4 is 6.29 Å². The van der Waals surface area contributed by atoms with Crippen molar-refractivity contribution in [3.05, 3.63) is 29.6 Å². The van der Waals surface area contributed by atoms with Gasteiger partial charge in [0.15, 0.2) is 6.29 Å². The Morgan fingerprint density at radius 3 is 3.00 bits per heavy atom. The molecule has 0 spiro atoms. The van der Waals surface area contributed by atoms with E-state index in [1.165, 1.54) is 12.4 Å². The number of nitrogens with zero attached hydrogens (tertiary/aromatic N) is 1. The van der Waals surface area contributed by atoms with Crippen molar-refractivity contribution in [1.29, 1.82) is 0 Å². The van der Waals surface area contributed by atoms with E-state index in [1.54, 1.807) is 6.07 Å². The van der Waals surface area contributed by atoms with Crippen LogP contribution in [-0.2, 0) is 6.61 Å². The lowest BCUT2D eigenvalue weighted by molar-refractivity contribution is 0.112. The van der Waals surface area contributed by atoms with Gasteiger partial charge in [0.05, 0.1) is 6.61 Å². The van der Waals surface area contributed by atoms with Gasteiger partial charge in [0, 0.05) is 23.5 Å². The summed E-state index contributed by atoms with van der Waals surface area (Å²) >= 11 is 0. The molecule has 0 saturated heterocycles. The van der Waals surface area contributed by atoms with Crippen LogP contribution in [0.1, 0.15) is 15.9 Å². The quantitative estimate of drug-likeness (QED) is 0.600. The van der Waals surface area contributed by atoms with Crippen LogP contribution in [0.4, 0.5) is 0 Å². The molecule has 3 heteroatoms. The summed E-state index contributed by atoms with van der Waals surface area (Å²) in [6.07, 6.45) is 3.69. The van der Waals surface area contributed by atoms with Crippen molar-refractivity contribution in [1.82, 2.24) is 4.98 Å². The molecule has 0 saturated carbocycles. The molecule has 0 aliphatic heterocycles. The summed E-state index contributed by atoms with van der Waals surface area (Å²) in [7, 11) is 0. The van der Waals surface area contributed by atoms with Crippen molar-refractivity contribution < 1.29 is 9.90 Å². The topological polar surface area (TPSA) is 50.2 Å². The van der Waals surface area contributed by atoms with E-state index in [1.807, 2.05) is 0 Å². The summed E-state index contributed by atoms with van der Waals surface area (Å²) in [5, 5.41) is 8.65. The molecule has 0 aliphatic rings. The van der Waals surface area contributed by atoms with Gasteiger partial charge >= 0.3 is 0 Å². The lowest BCUT2D eigenvalue weighted by atomic mass is 10.2. The van der Waals surface area contributed by atoms with Crippen LogP contribution in [0.5, 0.6) is 0 Å². The van der Waals surface area contributed by atoms with E-state index < -0.39 is 0 Å². The monoisotopic (exact) mass is 137 g/mol.